The molecule has 35 heavy (non-hydrogen) atoms. The lowest BCUT2D eigenvalue weighted by Gasteiger charge is -2.11. The summed E-state index contributed by atoms with van der Waals surface area (Å²) in [5.41, 5.74) is 1.39. The first-order chi connectivity index (χ1) is 16.9. The van der Waals surface area contributed by atoms with Crippen LogP contribution < -0.4 is 5.32 Å². The molecule has 0 aliphatic heterocycles. The van der Waals surface area contributed by atoms with E-state index in [1.54, 1.807) is 29.2 Å². The quantitative estimate of drug-likeness (QED) is 0.365. The van der Waals surface area contributed by atoms with Gasteiger partial charge in [0.25, 0.3) is 0 Å². The Hall–Kier alpha value is -3.47. The normalized spacial score (nSPS) is 17.8. The molecule has 1 fully saturated rings. The van der Waals surface area contributed by atoms with Gasteiger partial charge >= 0.3 is 5.97 Å². The number of hydrogen-bond acceptors (Lipinski definition) is 6. The minimum atomic E-state index is -0.934. The largest absolute Gasteiger partial charge is 0.481 e. The number of nitrogens with one attached hydrogen (secondary N) is 1. The van der Waals surface area contributed by atoms with Crippen LogP contribution in [0.1, 0.15) is 31.5 Å². The minimum Gasteiger partial charge on any atom is -0.481 e. The highest BCUT2D eigenvalue weighted by Gasteiger charge is 2.30. The fraction of sp³-hybridized carbons (Fsp3) is 0.333. The van der Waals surface area contributed by atoms with Gasteiger partial charge in [-0.1, -0.05) is 6.07 Å². The van der Waals surface area contributed by atoms with Crippen LogP contribution in [-0.2, 0) is 16.0 Å². The van der Waals surface area contributed by atoms with Crippen LogP contribution in [0, 0.1) is 17.7 Å². The highest BCUT2D eigenvalue weighted by atomic mass is 79.9. The third-order valence-electron chi connectivity index (χ3n) is 6.34. The first-order valence-electron chi connectivity index (χ1n) is 11.3. The molecular weight excluding hydrogens is 519 g/mol. The summed E-state index contributed by atoms with van der Waals surface area (Å²) in [5.74, 6) is -0.731. The molecule has 3 heterocycles. The Morgan fingerprint density at radius 1 is 1.26 bits per heavy atom. The van der Waals surface area contributed by atoms with Crippen LogP contribution in [0.4, 0.5) is 4.39 Å². The van der Waals surface area contributed by atoms with Crippen molar-refractivity contribution < 1.29 is 19.1 Å². The van der Waals surface area contributed by atoms with E-state index < -0.39 is 11.8 Å². The zero-order chi connectivity index (χ0) is 24.5. The number of halogens is 2. The number of carbonyl (C=O) groups is 2. The van der Waals surface area contributed by atoms with Gasteiger partial charge in [0.2, 0.25) is 5.91 Å². The average Bonchev–Trinajstić information content (AvgIpc) is 3.43. The Kier molecular flexibility index (Phi) is 6.42. The van der Waals surface area contributed by atoms with Gasteiger partial charge in [-0.15, -0.1) is 0 Å². The maximum absolute atomic E-state index is 14.7. The van der Waals surface area contributed by atoms with Gasteiger partial charge in [-0.2, -0.15) is 5.10 Å². The SMILES string of the molecule is O=C(O)CCNC(=O)[C@@H]1CC[C@@H](Cc2ncc3c(Br)nn(-c4cc(F)c5ncccc5c4)c3n2)C1. The molecule has 0 radical (unpaired) electrons. The molecule has 3 aromatic heterocycles. The summed E-state index contributed by atoms with van der Waals surface area (Å²) in [5, 5.41) is 17.3. The summed E-state index contributed by atoms with van der Waals surface area (Å²) in [6.07, 6.45) is 6.09. The Morgan fingerprint density at radius 2 is 2.11 bits per heavy atom. The second kappa shape index (κ2) is 9.65. The number of aromatic nitrogens is 5. The molecule has 0 saturated heterocycles. The van der Waals surface area contributed by atoms with E-state index in [2.05, 4.69) is 36.3 Å². The van der Waals surface area contributed by atoms with E-state index >= 15 is 0 Å². The van der Waals surface area contributed by atoms with Gasteiger partial charge in [0.05, 0.1) is 17.5 Å². The van der Waals surface area contributed by atoms with Crippen molar-refractivity contribution in [2.24, 2.45) is 11.8 Å². The molecule has 1 aliphatic carbocycles. The maximum atomic E-state index is 14.7. The van der Waals surface area contributed by atoms with E-state index in [4.69, 9.17) is 10.1 Å². The lowest BCUT2D eigenvalue weighted by atomic mass is 10.0. The lowest BCUT2D eigenvalue weighted by Crippen LogP contribution is -2.31. The van der Waals surface area contributed by atoms with Crippen molar-refractivity contribution in [2.75, 3.05) is 6.54 Å². The van der Waals surface area contributed by atoms with E-state index in [0.29, 0.717) is 50.9 Å². The van der Waals surface area contributed by atoms with Gasteiger partial charge in [0.15, 0.2) is 11.5 Å². The predicted octanol–water partition coefficient (Wildman–Crippen LogP) is 3.82. The molecule has 1 aromatic carbocycles. The summed E-state index contributed by atoms with van der Waals surface area (Å²) in [6, 6.07) is 6.76. The second-order valence-electron chi connectivity index (χ2n) is 8.74. The van der Waals surface area contributed by atoms with Gasteiger partial charge in [-0.05, 0) is 53.2 Å². The number of pyridine rings is 1. The zero-order valence-corrected chi connectivity index (χ0v) is 20.2. The van der Waals surface area contributed by atoms with Crippen LogP contribution in [0.3, 0.4) is 0 Å². The third kappa shape index (κ3) is 4.86. The number of nitrogens with zero attached hydrogens (tertiary/aromatic N) is 5. The van der Waals surface area contributed by atoms with Crippen LogP contribution in [0.2, 0.25) is 0 Å². The zero-order valence-electron chi connectivity index (χ0n) is 18.6. The molecular formula is C24H22BrFN6O3. The summed E-state index contributed by atoms with van der Waals surface area (Å²) < 4.78 is 16.8. The fourth-order valence-corrected chi connectivity index (χ4v) is 5.07. The Morgan fingerprint density at radius 3 is 2.94 bits per heavy atom. The Bertz CT molecular complexity index is 1440. The van der Waals surface area contributed by atoms with Gasteiger partial charge < -0.3 is 10.4 Å². The number of carboxylic acid groups (broad SMARTS) is 1. The molecule has 0 unspecified atom stereocenters. The van der Waals surface area contributed by atoms with Crippen molar-refractivity contribution >= 4 is 49.7 Å². The van der Waals surface area contributed by atoms with Crippen molar-refractivity contribution in [1.29, 1.82) is 0 Å². The number of carbonyl (C=O) groups excluding carboxylic acids is 1. The standard InChI is InChI=1S/C24H22BrFN6O3/c25-22-17-12-29-19(9-13-3-4-15(8-13)24(35)28-7-5-20(33)34)30-23(17)32(31-22)16-10-14-2-1-6-27-21(14)18(26)11-16/h1-2,6,10-13,15H,3-5,7-9H2,(H,28,35)(H,33,34)/t13-,15-/m1/s1. The van der Waals surface area contributed by atoms with Crippen molar-refractivity contribution in [1.82, 2.24) is 30.0 Å². The minimum absolute atomic E-state index is 0.0867. The maximum Gasteiger partial charge on any atom is 0.305 e. The second-order valence-corrected chi connectivity index (χ2v) is 9.49. The molecule has 11 heteroatoms. The molecule has 5 rings (SSSR count). The number of fused-ring (bicyclic) bond motifs is 2. The van der Waals surface area contributed by atoms with Crippen LogP contribution in [0.5, 0.6) is 0 Å². The predicted molar refractivity (Wildman–Crippen MR) is 129 cm³/mol. The highest BCUT2D eigenvalue weighted by Crippen LogP contribution is 2.33. The van der Waals surface area contributed by atoms with Gasteiger partial charge in [0.1, 0.15) is 15.9 Å². The first kappa shape index (κ1) is 23.3. The number of amides is 1. The van der Waals surface area contributed by atoms with Gasteiger partial charge in [0, 0.05) is 42.7 Å². The number of hydrogen-bond donors (Lipinski definition) is 2. The molecule has 0 bridgehead atoms. The van der Waals surface area contributed by atoms with Crippen LogP contribution in [0.15, 0.2) is 41.3 Å². The number of benzene rings is 1. The summed E-state index contributed by atoms with van der Waals surface area (Å²) in [6.45, 7) is 0.138. The summed E-state index contributed by atoms with van der Waals surface area (Å²) >= 11 is 3.45. The molecule has 2 atom stereocenters. The smallest absolute Gasteiger partial charge is 0.305 e. The fourth-order valence-electron chi connectivity index (χ4n) is 4.63. The van der Waals surface area contributed by atoms with E-state index in [-0.39, 0.29) is 30.7 Å². The van der Waals surface area contributed by atoms with Crippen LogP contribution in [0.25, 0.3) is 27.6 Å². The molecule has 1 aliphatic rings. The molecule has 4 aromatic rings. The summed E-state index contributed by atoms with van der Waals surface area (Å²) in [4.78, 5) is 36.3. The average molecular weight is 541 g/mol. The number of rotatable bonds is 7. The van der Waals surface area contributed by atoms with Gasteiger partial charge in [-0.3, -0.25) is 14.6 Å². The molecule has 9 nitrogen and oxygen atoms in total. The third-order valence-corrected chi connectivity index (χ3v) is 6.92. The molecule has 180 valence electrons. The van der Waals surface area contributed by atoms with Crippen molar-refractivity contribution in [3.63, 3.8) is 0 Å². The first-order valence-corrected chi connectivity index (χ1v) is 12.1. The Labute approximate surface area is 207 Å². The summed E-state index contributed by atoms with van der Waals surface area (Å²) in [7, 11) is 0. The molecule has 2 N–H and O–H groups in total. The number of carboxylic acids is 1. The van der Waals surface area contributed by atoms with Crippen molar-refractivity contribution in [3.05, 3.63) is 52.9 Å². The lowest BCUT2D eigenvalue weighted by molar-refractivity contribution is -0.137. The highest BCUT2D eigenvalue weighted by molar-refractivity contribution is 9.10. The van der Waals surface area contributed by atoms with E-state index in [1.165, 1.54) is 6.07 Å². The molecule has 1 saturated carbocycles. The topological polar surface area (TPSA) is 123 Å². The molecule has 1 amide bonds. The van der Waals surface area contributed by atoms with E-state index in [1.807, 2.05) is 6.07 Å². The van der Waals surface area contributed by atoms with Crippen molar-refractivity contribution in [3.8, 4) is 5.69 Å². The monoisotopic (exact) mass is 540 g/mol. The Balaban J connectivity index is 1.36. The molecule has 0 spiro atoms. The number of aliphatic carboxylic acids is 1. The van der Waals surface area contributed by atoms with E-state index in [9.17, 15) is 14.0 Å². The van der Waals surface area contributed by atoms with Crippen molar-refractivity contribution in [2.45, 2.75) is 32.1 Å². The van der Waals surface area contributed by atoms with E-state index in [0.717, 1.165) is 12.8 Å². The van der Waals surface area contributed by atoms with Crippen LogP contribution >= 0.6 is 15.9 Å². The van der Waals surface area contributed by atoms with Gasteiger partial charge in [-0.25, -0.2) is 19.0 Å². The van der Waals surface area contributed by atoms with Crippen LogP contribution in [-0.4, -0.2) is 48.3 Å².